The second kappa shape index (κ2) is 18.4. The molecule has 0 aliphatic carbocycles. The molecular formula is C29H39N3. The summed E-state index contributed by atoms with van der Waals surface area (Å²) in [5.74, 6) is 0.693. The van der Waals surface area contributed by atoms with Crippen LogP contribution < -0.4 is 0 Å². The predicted molar refractivity (Wildman–Crippen MR) is 145 cm³/mol. The largest absolute Gasteiger partial charge is 0.296 e. The van der Waals surface area contributed by atoms with Crippen molar-refractivity contribution in [2.45, 2.75) is 54.6 Å². The molecule has 0 amide bonds. The molecule has 0 aromatic heterocycles. The van der Waals surface area contributed by atoms with Crippen molar-refractivity contribution in [1.82, 2.24) is 0 Å². The van der Waals surface area contributed by atoms with E-state index in [9.17, 15) is 0 Å². The number of benzene rings is 3. The third-order valence-corrected chi connectivity index (χ3v) is 4.13. The van der Waals surface area contributed by atoms with Crippen molar-refractivity contribution in [2.75, 3.05) is 0 Å². The van der Waals surface area contributed by atoms with Gasteiger partial charge in [-0.25, -0.2) is 4.99 Å². The zero-order valence-corrected chi connectivity index (χ0v) is 20.7. The summed E-state index contributed by atoms with van der Waals surface area (Å²) in [5, 5.41) is 0. The van der Waals surface area contributed by atoms with E-state index in [1.54, 1.807) is 0 Å². The molecular weight excluding hydrogens is 390 g/mol. The van der Waals surface area contributed by atoms with Crippen LogP contribution >= 0.6 is 0 Å². The smallest absolute Gasteiger partial charge is 0.154 e. The summed E-state index contributed by atoms with van der Waals surface area (Å²) < 4.78 is 0. The van der Waals surface area contributed by atoms with E-state index < -0.39 is 0 Å². The molecule has 3 nitrogen and oxygen atoms in total. The third-order valence-electron chi connectivity index (χ3n) is 4.13. The fourth-order valence-electron chi connectivity index (χ4n) is 2.51. The summed E-state index contributed by atoms with van der Waals surface area (Å²) in [4.78, 5) is 12.3. The lowest BCUT2D eigenvalue weighted by Crippen LogP contribution is -1.97. The Morgan fingerprint density at radius 3 is 1.56 bits per heavy atom. The Hall–Kier alpha value is -3.33. The second-order valence-corrected chi connectivity index (χ2v) is 6.52. The average Bonchev–Trinajstić information content (AvgIpc) is 2.86. The van der Waals surface area contributed by atoms with Gasteiger partial charge in [0.05, 0.1) is 13.1 Å². The molecule has 32 heavy (non-hydrogen) atoms. The van der Waals surface area contributed by atoms with Crippen LogP contribution in [0.25, 0.3) is 0 Å². The number of aliphatic imine (C=N–C) groups is 3. The van der Waals surface area contributed by atoms with Crippen LogP contribution in [0, 0.1) is 13.8 Å². The monoisotopic (exact) mass is 429 g/mol. The number of aryl methyl sites for hydroxylation is 2. The van der Waals surface area contributed by atoms with Crippen LogP contribution in [-0.2, 0) is 13.1 Å². The van der Waals surface area contributed by atoms with Crippen molar-refractivity contribution in [3.05, 3.63) is 107 Å². The SMILES string of the molecule is C=NC(=NCc1ccccc1)c1ccc(C)cc1.C=NCc1ccc(C)cc1.CC.CC. The maximum Gasteiger partial charge on any atom is 0.154 e. The topological polar surface area (TPSA) is 37.1 Å². The van der Waals surface area contributed by atoms with Crippen molar-refractivity contribution >= 4 is 19.3 Å². The van der Waals surface area contributed by atoms with Gasteiger partial charge in [-0.2, -0.15) is 0 Å². The summed E-state index contributed by atoms with van der Waals surface area (Å²) in [5.41, 5.74) is 5.91. The van der Waals surface area contributed by atoms with Crippen molar-refractivity contribution < 1.29 is 0 Å². The zero-order valence-electron chi connectivity index (χ0n) is 20.7. The van der Waals surface area contributed by atoms with E-state index in [2.05, 4.69) is 90.8 Å². The van der Waals surface area contributed by atoms with Crippen molar-refractivity contribution in [1.29, 1.82) is 0 Å². The highest BCUT2D eigenvalue weighted by Crippen LogP contribution is 2.08. The van der Waals surface area contributed by atoms with Crippen molar-refractivity contribution in [3.8, 4) is 0 Å². The average molecular weight is 430 g/mol. The maximum absolute atomic E-state index is 4.50. The molecule has 0 radical (unpaired) electrons. The molecule has 0 saturated carbocycles. The van der Waals surface area contributed by atoms with Gasteiger partial charge in [0, 0.05) is 5.56 Å². The Morgan fingerprint density at radius 2 is 1.09 bits per heavy atom. The minimum Gasteiger partial charge on any atom is -0.296 e. The van der Waals surface area contributed by atoms with Gasteiger partial charge >= 0.3 is 0 Å². The molecule has 0 saturated heterocycles. The molecule has 3 rings (SSSR count). The second-order valence-electron chi connectivity index (χ2n) is 6.52. The van der Waals surface area contributed by atoms with Gasteiger partial charge in [0.2, 0.25) is 0 Å². The van der Waals surface area contributed by atoms with Crippen LogP contribution in [0.4, 0.5) is 0 Å². The summed E-state index contributed by atoms with van der Waals surface area (Å²) in [7, 11) is 0. The molecule has 3 aromatic carbocycles. The summed E-state index contributed by atoms with van der Waals surface area (Å²) in [6.07, 6.45) is 0. The number of amidine groups is 1. The Kier molecular flexibility index (Phi) is 16.5. The normalized spacial score (nSPS) is 9.62. The van der Waals surface area contributed by atoms with E-state index in [0.717, 1.165) is 12.1 Å². The molecule has 0 unspecified atom stereocenters. The molecule has 0 spiro atoms. The van der Waals surface area contributed by atoms with E-state index in [-0.39, 0.29) is 0 Å². The van der Waals surface area contributed by atoms with Gasteiger partial charge < -0.3 is 0 Å². The van der Waals surface area contributed by atoms with E-state index in [0.29, 0.717) is 12.4 Å². The first-order valence-electron chi connectivity index (χ1n) is 11.2. The van der Waals surface area contributed by atoms with E-state index >= 15 is 0 Å². The number of hydrogen-bond donors (Lipinski definition) is 0. The first kappa shape index (κ1) is 28.7. The predicted octanol–water partition coefficient (Wildman–Crippen LogP) is 7.89. The van der Waals surface area contributed by atoms with Crippen molar-refractivity contribution in [2.24, 2.45) is 15.0 Å². The van der Waals surface area contributed by atoms with E-state index in [1.807, 2.05) is 58.0 Å². The summed E-state index contributed by atoms with van der Waals surface area (Å²) in [6, 6.07) is 26.6. The Balaban J connectivity index is 0.000000582. The molecule has 0 fully saturated rings. The van der Waals surface area contributed by atoms with Gasteiger partial charge in [-0.15, -0.1) is 0 Å². The highest BCUT2D eigenvalue weighted by Gasteiger charge is 2.00. The van der Waals surface area contributed by atoms with Gasteiger partial charge in [0.15, 0.2) is 5.84 Å². The summed E-state index contributed by atoms with van der Waals surface area (Å²) >= 11 is 0. The van der Waals surface area contributed by atoms with Crippen molar-refractivity contribution in [3.63, 3.8) is 0 Å². The molecule has 3 aromatic rings. The lowest BCUT2D eigenvalue weighted by Gasteiger charge is -2.02. The molecule has 3 heteroatoms. The Labute approximate surface area is 195 Å². The lowest BCUT2D eigenvalue weighted by atomic mass is 10.1. The van der Waals surface area contributed by atoms with Crippen LogP contribution in [0.2, 0.25) is 0 Å². The Bertz CT molecular complexity index is 893. The lowest BCUT2D eigenvalue weighted by molar-refractivity contribution is 1.06. The Morgan fingerprint density at radius 1 is 0.625 bits per heavy atom. The van der Waals surface area contributed by atoms with Gasteiger partial charge in [-0.3, -0.25) is 9.98 Å². The maximum atomic E-state index is 4.50. The highest BCUT2D eigenvalue weighted by atomic mass is 14.9. The zero-order chi connectivity index (χ0) is 24.2. The van der Waals surface area contributed by atoms with Gasteiger partial charge in [-0.05, 0) is 38.4 Å². The quantitative estimate of drug-likeness (QED) is 0.292. The first-order chi connectivity index (χ1) is 15.6. The molecule has 0 N–H and O–H groups in total. The van der Waals surface area contributed by atoms with Gasteiger partial charge in [0.25, 0.3) is 0 Å². The molecule has 0 aliphatic heterocycles. The van der Waals surface area contributed by atoms with Gasteiger partial charge in [-0.1, -0.05) is 118 Å². The fourth-order valence-corrected chi connectivity index (χ4v) is 2.51. The minimum absolute atomic E-state index is 0.628. The van der Waals surface area contributed by atoms with Crippen LogP contribution in [0.15, 0.2) is 93.8 Å². The highest BCUT2D eigenvalue weighted by molar-refractivity contribution is 6.01. The standard InChI is InChI=1S/C16H16N2.C9H11N.2C2H6/c1-13-8-10-15(11-9-13)16(17-2)18-12-14-6-4-3-5-7-14;1-8-3-5-9(6-4-8)7-10-2;2*1-2/h3-11H,2,12H2,1H3;3-6H,2,7H2,1H3;2*1-2H3. The number of rotatable bonds is 5. The van der Waals surface area contributed by atoms with Gasteiger partial charge in [0.1, 0.15) is 0 Å². The minimum atomic E-state index is 0.628. The molecule has 170 valence electrons. The number of nitrogens with zero attached hydrogens (tertiary/aromatic N) is 3. The molecule has 0 bridgehead atoms. The van der Waals surface area contributed by atoms with Crippen LogP contribution in [0.3, 0.4) is 0 Å². The summed E-state index contributed by atoms with van der Waals surface area (Å²) in [6.45, 7) is 20.5. The van der Waals surface area contributed by atoms with Crippen LogP contribution in [0.5, 0.6) is 0 Å². The van der Waals surface area contributed by atoms with E-state index in [1.165, 1.54) is 22.3 Å². The first-order valence-corrected chi connectivity index (χ1v) is 11.2. The van der Waals surface area contributed by atoms with Crippen LogP contribution in [-0.4, -0.2) is 19.3 Å². The number of hydrogen-bond acceptors (Lipinski definition) is 2. The molecule has 0 heterocycles. The molecule has 0 aliphatic rings. The molecule has 0 atom stereocenters. The third kappa shape index (κ3) is 11.8. The fraction of sp³-hybridized carbons (Fsp3) is 0.276. The van der Waals surface area contributed by atoms with Crippen LogP contribution in [0.1, 0.15) is 55.5 Å². The van der Waals surface area contributed by atoms with E-state index in [4.69, 9.17) is 0 Å².